The van der Waals surface area contributed by atoms with Crippen LogP contribution in [0.15, 0.2) is 60.7 Å². The van der Waals surface area contributed by atoms with Crippen molar-refractivity contribution >= 4 is 10.8 Å². The van der Waals surface area contributed by atoms with Crippen molar-refractivity contribution in [3.05, 3.63) is 83.4 Å². The number of halogens is 2. The second kappa shape index (κ2) is 5.62. The third-order valence-corrected chi connectivity index (χ3v) is 3.67. The number of nitrogens with two attached hydrogens (primary N) is 1. The minimum atomic E-state index is -0.448. The minimum Gasteiger partial charge on any atom is -0.324 e. The Morgan fingerprint density at radius 3 is 2.52 bits per heavy atom. The predicted molar refractivity (Wildman–Crippen MR) is 80.9 cm³/mol. The maximum absolute atomic E-state index is 13.7. The summed E-state index contributed by atoms with van der Waals surface area (Å²) in [6.45, 7) is 0. The second-order valence-electron chi connectivity index (χ2n) is 5.11. The Kier molecular flexibility index (Phi) is 3.67. The SMILES string of the molecule is NC(Cc1cc(F)ccc1F)c1cccc2ccccc12. The number of fused-ring (bicyclic) bond motifs is 1. The zero-order valence-electron chi connectivity index (χ0n) is 11.4. The van der Waals surface area contributed by atoms with Crippen LogP contribution < -0.4 is 5.73 Å². The van der Waals surface area contributed by atoms with Crippen molar-refractivity contribution in [1.82, 2.24) is 0 Å². The Morgan fingerprint density at radius 2 is 1.67 bits per heavy atom. The van der Waals surface area contributed by atoms with E-state index < -0.39 is 11.6 Å². The Labute approximate surface area is 122 Å². The van der Waals surface area contributed by atoms with Crippen LogP contribution in [0, 0.1) is 11.6 Å². The summed E-state index contributed by atoms with van der Waals surface area (Å²) < 4.78 is 27.0. The molecule has 0 aliphatic carbocycles. The fourth-order valence-corrected chi connectivity index (χ4v) is 2.62. The maximum atomic E-state index is 13.7. The fraction of sp³-hybridized carbons (Fsp3) is 0.111. The second-order valence-corrected chi connectivity index (χ2v) is 5.11. The molecule has 0 spiro atoms. The molecule has 2 N–H and O–H groups in total. The molecule has 1 nitrogen and oxygen atoms in total. The Hall–Kier alpha value is -2.26. The van der Waals surface area contributed by atoms with Crippen molar-refractivity contribution < 1.29 is 8.78 Å². The van der Waals surface area contributed by atoms with Gasteiger partial charge >= 0.3 is 0 Å². The maximum Gasteiger partial charge on any atom is 0.126 e. The van der Waals surface area contributed by atoms with E-state index >= 15 is 0 Å². The molecule has 1 unspecified atom stereocenters. The molecular weight excluding hydrogens is 268 g/mol. The first-order chi connectivity index (χ1) is 10.1. The molecule has 21 heavy (non-hydrogen) atoms. The van der Waals surface area contributed by atoms with Gasteiger partial charge in [-0.25, -0.2) is 8.78 Å². The molecule has 0 amide bonds. The normalized spacial score (nSPS) is 12.5. The van der Waals surface area contributed by atoms with E-state index in [9.17, 15) is 8.78 Å². The van der Waals surface area contributed by atoms with Crippen LogP contribution in [0.1, 0.15) is 17.2 Å². The average molecular weight is 283 g/mol. The van der Waals surface area contributed by atoms with Crippen LogP contribution in [0.25, 0.3) is 10.8 Å². The molecule has 0 bridgehead atoms. The van der Waals surface area contributed by atoms with Crippen LogP contribution in [0.2, 0.25) is 0 Å². The first-order valence-electron chi connectivity index (χ1n) is 6.82. The summed E-state index contributed by atoms with van der Waals surface area (Å²) in [5, 5.41) is 2.13. The van der Waals surface area contributed by atoms with Crippen molar-refractivity contribution in [1.29, 1.82) is 0 Å². The highest BCUT2D eigenvalue weighted by Crippen LogP contribution is 2.26. The van der Waals surface area contributed by atoms with Crippen LogP contribution in [-0.2, 0) is 6.42 Å². The smallest absolute Gasteiger partial charge is 0.126 e. The lowest BCUT2D eigenvalue weighted by molar-refractivity contribution is 0.573. The van der Waals surface area contributed by atoms with Crippen LogP contribution >= 0.6 is 0 Å². The molecule has 0 heterocycles. The molecule has 0 aliphatic heterocycles. The van der Waals surface area contributed by atoms with E-state index in [4.69, 9.17) is 5.73 Å². The highest BCUT2D eigenvalue weighted by Gasteiger charge is 2.13. The van der Waals surface area contributed by atoms with Gasteiger partial charge in [-0.05, 0) is 46.5 Å². The molecule has 0 fully saturated rings. The van der Waals surface area contributed by atoms with Gasteiger partial charge in [-0.3, -0.25) is 0 Å². The van der Waals surface area contributed by atoms with Crippen molar-refractivity contribution in [3.63, 3.8) is 0 Å². The van der Waals surface area contributed by atoms with Gasteiger partial charge in [0.2, 0.25) is 0 Å². The summed E-state index contributed by atoms with van der Waals surface area (Å²) in [5.41, 5.74) is 7.47. The first-order valence-corrected chi connectivity index (χ1v) is 6.82. The van der Waals surface area contributed by atoms with E-state index in [0.717, 1.165) is 28.5 Å². The van der Waals surface area contributed by atoms with Crippen molar-refractivity contribution in [2.45, 2.75) is 12.5 Å². The van der Waals surface area contributed by atoms with Gasteiger partial charge in [0.05, 0.1) is 0 Å². The summed E-state index contributed by atoms with van der Waals surface area (Å²) in [6, 6.07) is 16.9. The lowest BCUT2D eigenvalue weighted by Crippen LogP contribution is -2.14. The van der Waals surface area contributed by atoms with Gasteiger partial charge in [0.15, 0.2) is 0 Å². The number of hydrogen-bond acceptors (Lipinski definition) is 1. The quantitative estimate of drug-likeness (QED) is 0.759. The van der Waals surface area contributed by atoms with E-state index in [1.807, 2.05) is 42.5 Å². The van der Waals surface area contributed by atoms with Gasteiger partial charge in [0.25, 0.3) is 0 Å². The molecule has 3 rings (SSSR count). The topological polar surface area (TPSA) is 26.0 Å². The Balaban J connectivity index is 1.97. The first kappa shape index (κ1) is 13.7. The van der Waals surface area contributed by atoms with Crippen LogP contribution in [0.4, 0.5) is 8.78 Å². The zero-order valence-corrected chi connectivity index (χ0v) is 11.4. The predicted octanol–water partition coefficient (Wildman–Crippen LogP) is 4.36. The lowest BCUT2D eigenvalue weighted by Gasteiger charge is -2.15. The zero-order chi connectivity index (χ0) is 14.8. The van der Waals surface area contributed by atoms with Crippen LogP contribution in [-0.4, -0.2) is 0 Å². The van der Waals surface area contributed by atoms with E-state index in [0.29, 0.717) is 5.56 Å². The molecule has 0 aromatic heterocycles. The lowest BCUT2D eigenvalue weighted by atomic mass is 9.94. The van der Waals surface area contributed by atoms with Gasteiger partial charge in [-0.2, -0.15) is 0 Å². The molecule has 106 valence electrons. The van der Waals surface area contributed by atoms with Gasteiger partial charge in [-0.1, -0.05) is 42.5 Å². The monoisotopic (exact) mass is 283 g/mol. The van der Waals surface area contributed by atoms with Crippen molar-refractivity contribution in [2.75, 3.05) is 0 Å². The third kappa shape index (κ3) is 2.78. The molecule has 3 aromatic rings. The molecule has 0 radical (unpaired) electrons. The number of rotatable bonds is 3. The molecular formula is C18H15F2N. The van der Waals surface area contributed by atoms with Crippen molar-refractivity contribution in [2.24, 2.45) is 5.73 Å². The van der Waals surface area contributed by atoms with E-state index in [-0.39, 0.29) is 12.5 Å². The fourth-order valence-electron chi connectivity index (χ4n) is 2.62. The number of benzene rings is 3. The minimum absolute atomic E-state index is 0.262. The summed E-state index contributed by atoms with van der Waals surface area (Å²) in [5.74, 6) is -0.872. The molecule has 0 aliphatic rings. The van der Waals surface area contributed by atoms with Crippen molar-refractivity contribution in [3.8, 4) is 0 Å². The number of hydrogen-bond donors (Lipinski definition) is 1. The van der Waals surface area contributed by atoms with Crippen LogP contribution in [0.5, 0.6) is 0 Å². The van der Waals surface area contributed by atoms with E-state index in [1.165, 1.54) is 6.07 Å². The van der Waals surface area contributed by atoms with Gasteiger partial charge in [0, 0.05) is 6.04 Å². The largest absolute Gasteiger partial charge is 0.324 e. The highest BCUT2D eigenvalue weighted by molar-refractivity contribution is 5.86. The van der Waals surface area contributed by atoms with Crippen LogP contribution in [0.3, 0.4) is 0 Å². The van der Waals surface area contributed by atoms with Gasteiger partial charge in [-0.15, -0.1) is 0 Å². The summed E-state index contributed by atoms with van der Waals surface area (Å²) in [6.07, 6.45) is 0.262. The molecule has 0 saturated carbocycles. The molecule has 1 atom stereocenters. The standard InChI is InChI=1S/C18H15F2N/c19-14-8-9-17(20)13(10-14)11-18(21)16-7-3-5-12-4-1-2-6-15(12)16/h1-10,18H,11,21H2. The van der Waals surface area contributed by atoms with E-state index in [1.54, 1.807) is 0 Å². The van der Waals surface area contributed by atoms with Gasteiger partial charge < -0.3 is 5.73 Å². The molecule has 3 heteroatoms. The summed E-state index contributed by atoms with van der Waals surface area (Å²) in [4.78, 5) is 0. The molecule has 0 saturated heterocycles. The molecule has 3 aromatic carbocycles. The summed E-state index contributed by atoms with van der Waals surface area (Å²) >= 11 is 0. The average Bonchev–Trinajstić information content (AvgIpc) is 2.50. The highest BCUT2D eigenvalue weighted by atomic mass is 19.1. The summed E-state index contributed by atoms with van der Waals surface area (Å²) in [7, 11) is 0. The van der Waals surface area contributed by atoms with E-state index in [2.05, 4.69) is 0 Å². The Bertz CT molecular complexity index is 778. The van der Waals surface area contributed by atoms with Gasteiger partial charge in [0.1, 0.15) is 11.6 Å². The third-order valence-electron chi connectivity index (χ3n) is 3.67. The Morgan fingerprint density at radius 1 is 0.905 bits per heavy atom.